The van der Waals surface area contributed by atoms with Gasteiger partial charge in [-0.05, 0) is 33.1 Å². The summed E-state index contributed by atoms with van der Waals surface area (Å²) in [4.78, 5) is 15.7. The Morgan fingerprint density at radius 1 is 1.06 bits per heavy atom. The monoisotopic (exact) mass is 450 g/mol. The molecular weight excluding hydrogens is 423 g/mol. The summed E-state index contributed by atoms with van der Waals surface area (Å²) < 4.78 is 35.2. The number of fused-ring (bicyclic) bond motifs is 1. The SMILES string of the molecule is CCOP(=O)(OCC)OCc1cc(Cn2cnc3c(N4CCCCC4)ncnc32)no1. The molecule has 11 nitrogen and oxygen atoms in total. The Labute approximate surface area is 180 Å². The molecule has 1 aliphatic rings. The van der Waals surface area contributed by atoms with E-state index >= 15 is 0 Å². The van der Waals surface area contributed by atoms with Crippen LogP contribution >= 0.6 is 7.82 Å². The fourth-order valence-electron chi connectivity index (χ4n) is 3.56. The first-order valence-corrected chi connectivity index (χ1v) is 12.0. The van der Waals surface area contributed by atoms with Gasteiger partial charge < -0.3 is 14.0 Å². The molecular formula is C19H27N6O5P. The molecule has 12 heteroatoms. The van der Waals surface area contributed by atoms with Gasteiger partial charge in [-0.2, -0.15) is 0 Å². The molecule has 1 saturated heterocycles. The topological polar surface area (TPSA) is 118 Å². The molecule has 3 aromatic heterocycles. The maximum atomic E-state index is 12.4. The molecule has 0 saturated carbocycles. The molecule has 0 radical (unpaired) electrons. The van der Waals surface area contributed by atoms with Gasteiger partial charge in [0.2, 0.25) is 0 Å². The number of hydrogen-bond donors (Lipinski definition) is 0. The largest absolute Gasteiger partial charge is 0.475 e. The van der Waals surface area contributed by atoms with Crippen molar-refractivity contribution in [3.05, 3.63) is 30.2 Å². The van der Waals surface area contributed by atoms with Crippen LogP contribution < -0.4 is 4.90 Å². The fraction of sp³-hybridized carbons (Fsp3) is 0.579. The van der Waals surface area contributed by atoms with Crippen LogP contribution in [0, 0.1) is 0 Å². The third kappa shape index (κ3) is 5.12. The van der Waals surface area contributed by atoms with Gasteiger partial charge in [0.1, 0.15) is 18.6 Å². The standard InChI is InChI=1S/C19H27N6O5P/c1-3-27-31(26,28-4-2)29-12-16-10-15(23-30-16)11-25-14-22-17-18(20-13-21-19(17)25)24-8-6-5-7-9-24/h10,13-14H,3-9,11-12H2,1-2H3. The molecule has 0 amide bonds. The quantitative estimate of drug-likeness (QED) is 0.424. The fourth-order valence-corrected chi connectivity index (χ4v) is 4.71. The van der Waals surface area contributed by atoms with Gasteiger partial charge >= 0.3 is 7.82 Å². The van der Waals surface area contributed by atoms with Gasteiger partial charge in [0.05, 0.1) is 26.1 Å². The zero-order valence-corrected chi connectivity index (χ0v) is 18.7. The molecule has 0 aromatic carbocycles. The first-order chi connectivity index (χ1) is 15.1. The lowest BCUT2D eigenvalue weighted by molar-refractivity contribution is 0.108. The van der Waals surface area contributed by atoms with Gasteiger partial charge in [0, 0.05) is 19.2 Å². The van der Waals surface area contributed by atoms with E-state index in [0.29, 0.717) is 18.0 Å². The highest BCUT2D eigenvalue weighted by Gasteiger charge is 2.26. The number of rotatable bonds is 10. The number of nitrogens with zero attached hydrogens (tertiary/aromatic N) is 6. The highest BCUT2D eigenvalue weighted by Crippen LogP contribution is 2.49. The Morgan fingerprint density at radius 3 is 2.58 bits per heavy atom. The summed E-state index contributed by atoms with van der Waals surface area (Å²) in [6.45, 7) is 6.19. The van der Waals surface area contributed by atoms with E-state index in [4.69, 9.17) is 18.1 Å². The van der Waals surface area contributed by atoms with Crippen LogP contribution in [0.3, 0.4) is 0 Å². The van der Waals surface area contributed by atoms with Gasteiger partial charge in [-0.25, -0.2) is 19.5 Å². The molecule has 0 atom stereocenters. The van der Waals surface area contributed by atoms with Crippen molar-refractivity contribution in [3.63, 3.8) is 0 Å². The number of aromatic nitrogens is 5. The van der Waals surface area contributed by atoms with E-state index < -0.39 is 7.82 Å². The van der Waals surface area contributed by atoms with Crippen LogP contribution in [0.25, 0.3) is 11.2 Å². The van der Waals surface area contributed by atoms with Crippen molar-refractivity contribution in [1.82, 2.24) is 24.7 Å². The Morgan fingerprint density at radius 2 is 1.84 bits per heavy atom. The lowest BCUT2D eigenvalue weighted by Gasteiger charge is -2.27. The summed E-state index contributed by atoms with van der Waals surface area (Å²) in [5.74, 6) is 1.29. The van der Waals surface area contributed by atoms with Crippen molar-refractivity contribution in [1.29, 1.82) is 0 Å². The van der Waals surface area contributed by atoms with E-state index in [1.165, 1.54) is 6.42 Å². The van der Waals surface area contributed by atoms with Crippen molar-refractivity contribution in [2.75, 3.05) is 31.2 Å². The summed E-state index contributed by atoms with van der Waals surface area (Å²) in [6, 6.07) is 1.74. The number of hydrogen-bond acceptors (Lipinski definition) is 10. The van der Waals surface area contributed by atoms with Crippen LogP contribution in [0.15, 0.2) is 23.2 Å². The highest BCUT2D eigenvalue weighted by molar-refractivity contribution is 7.48. The van der Waals surface area contributed by atoms with Gasteiger partial charge in [0.25, 0.3) is 0 Å². The molecule has 0 N–H and O–H groups in total. The second-order valence-corrected chi connectivity index (χ2v) is 8.80. The van der Waals surface area contributed by atoms with E-state index in [0.717, 1.165) is 42.9 Å². The van der Waals surface area contributed by atoms with Gasteiger partial charge in [-0.3, -0.25) is 13.6 Å². The molecule has 3 aromatic rings. The summed E-state index contributed by atoms with van der Waals surface area (Å²) in [5, 5.41) is 4.07. The Hall–Kier alpha value is -2.33. The van der Waals surface area contributed by atoms with Crippen molar-refractivity contribution >= 4 is 24.8 Å². The number of piperidine rings is 1. The van der Waals surface area contributed by atoms with Crippen LogP contribution in [0.4, 0.5) is 5.82 Å². The minimum atomic E-state index is -3.61. The Kier molecular flexibility index (Phi) is 6.96. The summed E-state index contributed by atoms with van der Waals surface area (Å²) in [5.41, 5.74) is 2.19. The summed E-state index contributed by atoms with van der Waals surface area (Å²) >= 11 is 0. The van der Waals surface area contributed by atoms with Crippen LogP contribution in [-0.2, 0) is 31.3 Å². The first-order valence-electron chi connectivity index (χ1n) is 10.5. The van der Waals surface area contributed by atoms with Crippen molar-refractivity contribution < 1.29 is 22.7 Å². The Balaban J connectivity index is 1.45. The van der Waals surface area contributed by atoms with E-state index in [1.807, 2.05) is 4.57 Å². The van der Waals surface area contributed by atoms with Gasteiger partial charge in [-0.15, -0.1) is 0 Å². The van der Waals surface area contributed by atoms with E-state index in [-0.39, 0.29) is 19.8 Å². The van der Waals surface area contributed by atoms with Crippen molar-refractivity contribution in [3.8, 4) is 0 Å². The lowest BCUT2D eigenvalue weighted by Crippen LogP contribution is -2.30. The van der Waals surface area contributed by atoms with Crippen LogP contribution in [0.2, 0.25) is 0 Å². The summed E-state index contributed by atoms with van der Waals surface area (Å²) in [6.07, 6.45) is 6.88. The van der Waals surface area contributed by atoms with E-state index in [2.05, 4.69) is 25.0 Å². The Bertz CT molecular complexity index is 1040. The van der Waals surface area contributed by atoms with Crippen molar-refractivity contribution in [2.24, 2.45) is 0 Å². The van der Waals surface area contributed by atoms with Crippen LogP contribution in [-0.4, -0.2) is 51.0 Å². The molecule has 31 heavy (non-hydrogen) atoms. The predicted octanol–water partition coefficient (Wildman–Crippen LogP) is 3.55. The average molecular weight is 450 g/mol. The minimum Gasteiger partial charge on any atom is -0.359 e. The maximum Gasteiger partial charge on any atom is 0.475 e. The van der Waals surface area contributed by atoms with Crippen LogP contribution in [0.1, 0.15) is 44.6 Å². The molecule has 4 heterocycles. The van der Waals surface area contributed by atoms with E-state index in [9.17, 15) is 4.57 Å². The average Bonchev–Trinajstić information content (AvgIpc) is 3.41. The predicted molar refractivity (Wildman–Crippen MR) is 113 cm³/mol. The van der Waals surface area contributed by atoms with Crippen molar-refractivity contribution in [2.45, 2.75) is 46.3 Å². The third-order valence-electron chi connectivity index (χ3n) is 4.92. The normalized spacial score (nSPS) is 15.1. The molecule has 4 rings (SSSR count). The minimum absolute atomic E-state index is 0.0732. The molecule has 0 spiro atoms. The zero-order valence-electron chi connectivity index (χ0n) is 17.8. The second-order valence-electron chi connectivity index (χ2n) is 7.13. The van der Waals surface area contributed by atoms with Gasteiger partial charge in [-0.1, -0.05) is 5.16 Å². The van der Waals surface area contributed by atoms with E-state index in [1.54, 1.807) is 32.6 Å². The third-order valence-corrected chi connectivity index (χ3v) is 6.51. The van der Waals surface area contributed by atoms with Gasteiger partial charge in [0.15, 0.2) is 22.7 Å². The molecule has 0 unspecified atom stereocenters. The number of phosphoric acid groups is 1. The summed E-state index contributed by atoms with van der Waals surface area (Å²) in [7, 11) is -3.61. The molecule has 1 aliphatic heterocycles. The number of anilines is 1. The molecule has 1 fully saturated rings. The highest BCUT2D eigenvalue weighted by atomic mass is 31.2. The second kappa shape index (κ2) is 9.86. The molecule has 168 valence electrons. The molecule has 0 aliphatic carbocycles. The first kappa shape index (κ1) is 21.9. The smallest absolute Gasteiger partial charge is 0.359 e. The number of imidazole rings is 1. The number of phosphoric ester groups is 1. The zero-order chi connectivity index (χ0) is 21.7. The maximum absolute atomic E-state index is 12.4. The van der Waals surface area contributed by atoms with Crippen LogP contribution in [0.5, 0.6) is 0 Å². The molecule has 0 bridgehead atoms. The lowest BCUT2D eigenvalue weighted by atomic mass is 10.1.